The van der Waals surface area contributed by atoms with Gasteiger partial charge in [-0.15, -0.1) is 0 Å². The van der Waals surface area contributed by atoms with E-state index in [2.05, 4.69) is 36.4 Å². The van der Waals surface area contributed by atoms with Gasteiger partial charge in [0, 0.05) is 6.42 Å². The van der Waals surface area contributed by atoms with E-state index in [0.717, 1.165) is 32.5 Å². The second kappa shape index (κ2) is 9.57. The van der Waals surface area contributed by atoms with Gasteiger partial charge < -0.3 is 9.80 Å². The highest BCUT2D eigenvalue weighted by atomic mass is 16.2. The van der Waals surface area contributed by atoms with Gasteiger partial charge in [-0.3, -0.25) is 10.2 Å². The molecule has 96 valence electrons. The second-order valence-corrected chi connectivity index (χ2v) is 4.48. The molecule has 0 aromatic carbocycles. The minimum absolute atomic E-state index is 0.0738. The highest BCUT2D eigenvalue weighted by molar-refractivity contribution is 5.74. The zero-order valence-electron chi connectivity index (χ0n) is 10.8. The van der Waals surface area contributed by atoms with Crippen LogP contribution in [-0.4, -0.2) is 56.5 Å². The standard InChI is InChI=1S/C11H26N4O/c1-14(2)8-6-10-15(3)9-5-4-7-11(16)13-12/h4-10,12H2,1-3H3,(H,13,16). The molecule has 5 heteroatoms. The summed E-state index contributed by atoms with van der Waals surface area (Å²) in [5.74, 6) is 4.92. The summed E-state index contributed by atoms with van der Waals surface area (Å²) in [4.78, 5) is 15.4. The minimum Gasteiger partial charge on any atom is -0.309 e. The van der Waals surface area contributed by atoms with Gasteiger partial charge in [0.25, 0.3) is 0 Å². The van der Waals surface area contributed by atoms with Crippen molar-refractivity contribution in [2.75, 3.05) is 40.8 Å². The van der Waals surface area contributed by atoms with Crippen molar-refractivity contribution in [3.63, 3.8) is 0 Å². The molecule has 16 heavy (non-hydrogen) atoms. The normalized spacial score (nSPS) is 11.1. The van der Waals surface area contributed by atoms with E-state index in [9.17, 15) is 4.79 Å². The summed E-state index contributed by atoms with van der Waals surface area (Å²) in [5.41, 5.74) is 2.14. The number of carbonyl (C=O) groups is 1. The molecule has 0 fully saturated rings. The summed E-state index contributed by atoms with van der Waals surface area (Å²) >= 11 is 0. The molecule has 0 aliphatic carbocycles. The monoisotopic (exact) mass is 230 g/mol. The molecule has 0 saturated carbocycles. The van der Waals surface area contributed by atoms with Gasteiger partial charge in [0.1, 0.15) is 0 Å². The van der Waals surface area contributed by atoms with Gasteiger partial charge in [-0.05, 0) is 60.0 Å². The minimum atomic E-state index is -0.0738. The average molecular weight is 230 g/mol. The Balaban J connectivity index is 3.30. The van der Waals surface area contributed by atoms with Gasteiger partial charge in [-0.25, -0.2) is 5.84 Å². The molecule has 0 aromatic rings. The average Bonchev–Trinajstić information content (AvgIpc) is 2.23. The third-order valence-electron chi connectivity index (χ3n) is 2.50. The van der Waals surface area contributed by atoms with Crippen molar-refractivity contribution < 1.29 is 4.79 Å². The molecule has 0 heterocycles. The SMILES string of the molecule is CN(C)CCCN(C)CCCCC(=O)NN. The Labute approximate surface area is 98.9 Å². The van der Waals surface area contributed by atoms with Gasteiger partial charge in [-0.2, -0.15) is 0 Å². The summed E-state index contributed by atoms with van der Waals surface area (Å²) < 4.78 is 0. The zero-order valence-corrected chi connectivity index (χ0v) is 10.8. The van der Waals surface area contributed by atoms with Crippen LogP contribution in [0, 0.1) is 0 Å². The molecule has 0 aliphatic rings. The lowest BCUT2D eigenvalue weighted by atomic mass is 10.2. The molecule has 0 atom stereocenters. The first kappa shape index (κ1) is 15.3. The lowest BCUT2D eigenvalue weighted by Gasteiger charge is -2.17. The second-order valence-electron chi connectivity index (χ2n) is 4.48. The van der Waals surface area contributed by atoms with Crippen LogP contribution in [0.3, 0.4) is 0 Å². The van der Waals surface area contributed by atoms with Crippen LogP contribution in [0.25, 0.3) is 0 Å². The molecule has 0 aromatic heterocycles. The fourth-order valence-electron chi connectivity index (χ4n) is 1.51. The summed E-state index contributed by atoms with van der Waals surface area (Å²) in [7, 11) is 6.30. The smallest absolute Gasteiger partial charge is 0.233 e. The summed E-state index contributed by atoms with van der Waals surface area (Å²) in [6.07, 6.45) is 3.67. The first-order chi connectivity index (χ1) is 7.56. The quantitative estimate of drug-likeness (QED) is 0.254. The number of hydrogen-bond acceptors (Lipinski definition) is 4. The maximum atomic E-state index is 10.8. The number of amides is 1. The Morgan fingerprint density at radius 1 is 1.06 bits per heavy atom. The molecule has 0 aliphatic heterocycles. The molecular weight excluding hydrogens is 204 g/mol. The van der Waals surface area contributed by atoms with Gasteiger partial charge in [-0.1, -0.05) is 0 Å². The van der Waals surface area contributed by atoms with Crippen LogP contribution in [-0.2, 0) is 4.79 Å². The van der Waals surface area contributed by atoms with Crippen molar-refractivity contribution in [1.82, 2.24) is 15.2 Å². The lowest BCUT2D eigenvalue weighted by molar-refractivity contribution is -0.121. The predicted molar refractivity (Wildman–Crippen MR) is 66.8 cm³/mol. The fraction of sp³-hybridized carbons (Fsp3) is 0.909. The molecule has 0 bridgehead atoms. The van der Waals surface area contributed by atoms with Crippen molar-refractivity contribution in [2.24, 2.45) is 5.84 Å². The van der Waals surface area contributed by atoms with Crippen LogP contribution in [0.15, 0.2) is 0 Å². The Morgan fingerprint density at radius 2 is 1.69 bits per heavy atom. The molecule has 0 rings (SSSR count). The van der Waals surface area contributed by atoms with Crippen LogP contribution >= 0.6 is 0 Å². The molecule has 1 amide bonds. The highest BCUT2D eigenvalue weighted by Gasteiger charge is 2.01. The number of unbranched alkanes of at least 4 members (excludes halogenated alkanes) is 1. The third kappa shape index (κ3) is 9.89. The number of nitrogens with one attached hydrogen (secondary N) is 1. The van der Waals surface area contributed by atoms with Crippen LogP contribution in [0.5, 0.6) is 0 Å². The van der Waals surface area contributed by atoms with E-state index in [1.807, 2.05) is 0 Å². The topological polar surface area (TPSA) is 61.6 Å². The van der Waals surface area contributed by atoms with E-state index in [4.69, 9.17) is 5.84 Å². The molecule has 0 saturated heterocycles. The first-order valence-electron chi connectivity index (χ1n) is 5.89. The van der Waals surface area contributed by atoms with E-state index in [-0.39, 0.29) is 5.91 Å². The van der Waals surface area contributed by atoms with Crippen molar-refractivity contribution in [3.8, 4) is 0 Å². The number of hydrazine groups is 1. The maximum absolute atomic E-state index is 10.8. The zero-order chi connectivity index (χ0) is 12.4. The number of hydrogen-bond donors (Lipinski definition) is 2. The Hall–Kier alpha value is -0.650. The largest absolute Gasteiger partial charge is 0.309 e. The van der Waals surface area contributed by atoms with Crippen molar-refractivity contribution in [1.29, 1.82) is 0 Å². The summed E-state index contributed by atoms with van der Waals surface area (Å²) in [6.45, 7) is 3.28. The molecule has 3 N–H and O–H groups in total. The Bertz CT molecular complexity index is 185. The summed E-state index contributed by atoms with van der Waals surface area (Å²) in [5, 5.41) is 0. The molecule has 0 radical (unpaired) electrons. The van der Waals surface area contributed by atoms with Crippen LogP contribution in [0.4, 0.5) is 0 Å². The van der Waals surface area contributed by atoms with Gasteiger partial charge in [0.05, 0.1) is 0 Å². The van der Waals surface area contributed by atoms with E-state index in [0.29, 0.717) is 6.42 Å². The van der Waals surface area contributed by atoms with E-state index >= 15 is 0 Å². The maximum Gasteiger partial charge on any atom is 0.233 e. The van der Waals surface area contributed by atoms with Crippen LogP contribution < -0.4 is 11.3 Å². The third-order valence-corrected chi connectivity index (χ3v) is 2.50. The van der Waals surface area contributed by atoms with Crippen LogP contribution in [0.1, 0.15) is 25.7 Å². The predicted octanol–water partition coefficient (Wildman–Crippen LogP) is 0.0301. The van der Waals surface area contributed by atoms with Gasteiger partial charge in [0.15, 0.2) is 0 Å². The number of rotatable bonds is 9. The molecule has 0 spiro atoms. The van der Waals surface area contributed by atoms with Crippen molar-refractivity contribution in [2.45, 2.75) is 25.7 Å². The lowest BCUT2D eigenvalue weighted by Crippen LogP contribution is -2.30. The molecule has 0 unspecified atom stereocenters. The first-order valence-corrected chi connectivity index (χ1v) is 5.89. The Morgan fingerprint density at radius 3 is 2.25 bits per heavy atom. The summed E-state index contributed by atoms with van der Waals surface area (Å²) in [6, 6.07) is 0. The molecular formula is C11H26N4O. The fourth-order valence-corrected chi connectivity index (χ4v) is 1.51. The highest BCUT2D eigenvalue weighted by Crippen LogP contribution is 1.98. The number of carbonyl (C=O) groups excluding carboxylic acids is 1. The van der Waals surface area contributed by atoms with E-state index < -0.39 is 0 Å². The van der Waals surface area contributed by atoms with Gasteiger partial charge in [0.2, 0.25) is 5.91 Å². The number of nitrogens with zero attached hydrogens (tertiary/aromatic N) is 2. The molecule has 5 nitrogen and oxygen atoms in total. The number of nitrogens with two attached hydrogens (primary N) is 1. The van der Waals surface area contributed by atoms with E-state index in [1.165, 1.54) is 6.42 Å². The van der Waals surface area contributed by atoms with E-state index in [1.54, 1.807) is 0 Å². The van der Waals surface area contributed by atoms with Crippen LogP contribution in [0.2, 0.25) is 0 Å². The van der Waals surface area contributed by atoms with Gasteiger partial charge >= 0.3 is 0 Å². The Kier molecular flexibility index (Phi) is 9.18. The van der Waals surface area contributed by atoms with Crippen molar-refractivity contribution in [3.05, 3.63) is 0 Å². The van der Waals surface area contributed by atoms with Crippen molar-refractivity contribution >= 4 is 5.91 Å².